The number of hydrazine groups is 1. The van der Waals surface area contributed by atoms with Gasteiger partial charge in [0.1, 0.15) is 0 Å². The number of nitrogens with two attached hydrogens (primary N) is 1. The number of hydrogen-bond acceptors (Lipinski definition) is 2. The van der Waals surface area contributed by atoms with Crippen molar-refractivity contribution >= 4 is 0 Å². The van der Waals surface area contributed by atoms with Gasteiger partial charge in [0.15, 0.2) is 0 Å². The molecule has 12 heavy (non-hydrogen) atoms. The summed E-state index contributed by atoms with van der Waals surface area (Å²) in [5.74, 6) is 8.09. The van der Waals surface area contributed by atoms with E-state index in [1.807, 2.05) is 0 Å². The highest BCUT2D eigenvalue weighted by atomic mass is 15.2. The van der Waals surface area contributed by atoms with Crippen LogP contribution in [0.2, 0.25) is 0 Å². The molecule has 0 aliphatic heterocycles. The van der Waals surface area contributed by atoms with Crippen molar-refractivity contribution in [1.29, 1.82) is 0 Å². The van der Waals surface area contributed by atoms with Crippen LogP contribution in [0.3, 0.4) is 0 Å². The van der Waals surface area contributed by atoms with E-state index in [-0.39, 0.29) is 0 Å². The first-order valence-corrected chi connectivity index (χ1v) is 5.20. The number of nitrogens with one attached hydrogen (secondary N) is 1. The summed E-state index contributed by atoms with van der Waals surface area (Å²) in [5.41, 5.74) is 3.00. The van der Waals surface area contributed by atoms with Gasteiger partial charge in [0.05, 0.1) is 0 Å². The van der Waals surface area contributed by atoms with Gasteiger partial charge in [-0.05, 0) is 24.2 Å². The van der Waals surface area contributed by atoms with Crippen LogP contribution in [0.25, 0.3) is 0 Å². The second kappa shape index (κ2) is 4.24. The monoisotopic (exact) mass is 170 g/mol. The fourth-order valence-electron chi connectivity index (χ4n) is 2.26. The SMILES string of the molecule is CCC(CC)C(NN)C1CC1C. The van der Waals surface area contributed by atoms with Gasteiger partial charge in [0, 0.05) is 6.04 Å². The van der Waals surface area contributed by atoms with Gasteiger partial charge in [-0.3, -0.25) is 11.3 Å². The van der Waals surface area contributed by atoms with E-state index in [1.165, 1.54) is 19.3 Å². The maximum absolute atomic E-state index is 5.58. The lowest BCUT2D eigenvalue weighted by atomic mass is 9.90. The molecule has 1 fully saturated rings. The Balaban J connectivity index is 2.42. The molecule has 0 radical (unpaired) electrons. The lowest BCUT2D eigenvalue weighted by molar-refractivity contribution is 0.299. The Kier molecular flexibility index (Phi) is 3.53. The third-order valence-electron chi connectivity index (χ3n) is 3.38. The third-order valence-corrected chi connectivity index (χ3v) is 3.38. The molecule has 0 aromatic heterocycles. The van der Waals surface area contributed by atoms with Crippen molar-refractivity contribution in [3.8, 4) is 0 Å². The average Bonchev–Trinajstić information content (AvgIpc) is 2.78. The minimum atomic E-state index is 0.565. The van der Waals surface area contributed by atoms with Gasteiger partial charge in [0.25, 0.3) is 0 Å². The van der Waals surface area contributed by atoms with Crippen LogP contribution < -0.4 is 11.3 Å². The van der Waals surface area contributed by atoms with Gasteiger partial charge >= 0.3 is 0 Å². The van der Waals surface area contributed by atoms with Gasteiger partial charge in [-0.2, -0.15) is 0 Å². The Morgan fingerprint density at radius 3 is 2.17 bits per heavy atom. The Morgan fingerprint density at radius 2 is 1.92 bits per heavy atom. The van der Waals surface area contributed by atoms with Crippen LogP contribution in [0.15, 0.2) is 0 Å². The fourth-order valence-corrected chi connectivity index (χ4v) is 2.26. The lowest BCUT2D eigenvalue weighted by Gasteiger charge is -2.24. The number of hydrogen-bond donors (Lipinski definition) is 2. The van der Waals surface area contributed by atoms with E-state index < -0.39 is 0 Å². The van der Waals surface area contributed by atoms with E-state index in [2.05, 4.69) is 26.2 Å². The summed E-state index contributed by atoms with van der Waals surface area (Å²) < 4.78 is 0. The van der Waals surface area contributed by atoms with E-state index in [0.29, 0.717) is 6.04 Å². The molecular weight excluding hydrogens is 148 g/mol. The molecule has 1 aliphatic carbocycles. The smallest absolute Gasteiger partial charge is 0.0269 e. The first-order chi connectivity index (χ1) is 5.74. The Labute approximate surface area is 75.9 Å². The van der Waals surface area contributed by atoms with Crippen LogP contribution in [0, 0.1) is 17.8 Å². The molecule has 0 spiro atoms. The van der Waals surface area contributed by atoms with Crippen molar-refractivity contribution in [1.82, 2.24) is 5.43 Å². The summed E-state index contributed by atoms with van der Waals surface area (Å²) >= 11 is 0. The van der Waals surface area contributed by atoms with Crippen LogP contribution in [0.1, 0.15) is 40.0 Å². The second-order valence-corrected chi connectivity index (χ2v) is 4.15. The van der Waals surface area contributed by atoms with Crippen LogP contribution in [-0.2, 0) is 0 Å². The van der Waals surface area contributed by atoms with Crippen molar-refractivity contribution in [2.24, 2.45) is 23.6 Å². The molecule has 0 amide bonds. The van der Waals surface area contributed by atoms with Crippen molar-refractivity contribution in [3.63, 3.8) is 0 Å². The highest BCUT2D eigenvalue weighted by Crippen LogP contribution is 2.43. The first kappa shape index (κ1) is 10.0. The summed E-state index contributed by atoms with van der Waals surface area (Å²) in [4.78, 5) is 0. The molecule has 1 saturated carbocycles. The van der Waals surface area contributed by atoms with Gasteiger partial charge in [-0.1, -0.05) is 33.6 Å². The summed E-state index contributed by atoms with van der Waals surface area (Å²) in [6.45, 7) is 6.83. The van der Waals surface area contributed by atoms with Crippen molar-refractivity contribution in [3.05, 3.63) is 0 Å². The van der Waals surface area contributed by atoms with E-state index in [0.717, 1.165) is 17.8 Å². The molecule has 2 nitrogen and oxygen atoms in total. The molecular formula is C10H22N2. The normalized spacial score (nSPS) is 30.8. The molecule has 0 saturated heterocycles. The van der Waals surface area contributed by atoms with Crippen molar-refractivity contribution in [2.75, 3.05) is 0 Å². The first-order valence-electron chi connectivity index (χ1n) is 5.20. The molecule has 0 aromatic carbocycles. The molecule has 0 aromatic rings. The third kappa shape index (κ3) is 1.99. The molecule has 2 heteroatoms. The molecule has 3 atom stereocenters. The van der Waals surface area contributed by atoms with Gasteiger partial charge in [-0.15, -0.1) is 0 Å². The standard InChI is InChI=1S/C10H22N2/c1-4-8(5-2)10(12-11)9-6-7(9)3/h7-10,12H,4-6,11H2,1-3H3. The zero-order chi connectivity index (χ0) is 9.14. The highest BCUT2D eigenvalue weighted by Gasteiger charge is 2.41. The molecule has 1 rings (SSSR count). The molecule has 3 N–H and O–H groups in total. The van der Waals surface area contributed by atoms with E-state index in [4.69, 9.17) is 5.84 Å². The summed E-state index contributed by atoms with van der Waals surface area (Å²) in [6.07, 6.45) is 3.86. The maximum atomic E-state index is 5.58. The molecule has 0 bridgehead atoms. The minimum absolute atomic E-state index is 0.565. The van der Waals surface area contributed by atoms with Crippen molar-refractivity contribution in [2.45, 2.75) is 46.1 Å². The maximum Gasteiger partial charge on any atom is 0.0269 e. The molecule has 1 aliphatic rings. The quantitative estimate of drug-likeness (QED) is 0.488. The van der Waals surface area contributed by atoms with Crippen LogP contribution in [-0.4, -0.2) is 6.04 Å². The lowest BCUT2D eigenvalue weighted by Crippen LogP contribution is -2.42. The van der Waals surface area contributed by atoms with E-state index in [9.17, 15) is 0 Å². The Morgan fingerprint density at radius 1 is 1.42 bits per heavy atom. The zero-order valence-electron chi connectivity index (χ0n) is 8.51. The van der Waals surface area contributed by atoms with Gasteiger partial charge in [0.2, 0.25) is 0 Å². The van der Waals surface area contributed by atoms with E-state index >= 15 is 0 Å². The molecule has 3 unspecified atom stereocenters. The zero-order valence-corrected chi connectivity index (χ0v) is 8.51. The second-order valence-electron chi connectivity index (χ2n) is 4.15. The Bertz CT molecular complexity index is 132. The average molecular weight is 170 g/mol. The topological polar surface area (TPSA) is 38.0 Å². The largest absolute Gasteiger partial charge is 0.271 e. The predicted molar refractivity (Wildman–Crippen MR) is 52.5 cm³/mol. The minimum Gasteiger partial charge on any atom is -0.271 e. The van der Waals surface area contributed by atoms with Crippen molar-refractivity contribution < 1.29 is 0 Å². The summed E-state index contributed by atoms with van der Waals surface area (Å²) in [6, 6.07) is 0.565. The Hall–Kier alpha value is -0.0800. The summed E-state index contributed by atoms with van der Waals surface area (Å²) in [7, 11) is 0. The van der Waals surface area contributed by atoms with Crippen LogP contribution >= 0.6 is 0 Å². The van der Waals surface area contributed by atoms with Crippen LogP contribution in [0.4, 0.5) is 0 Å². The fraction of sp³-hybridized carbons (Fsp3) is 1.00. The van der Waals surface area contributed by atoms with Gasteiger partial charge in [-0.25, -0.2) is 0 Å². The van der Waals surface area contributed by atoms with E-state index in [1.54, 1.807) is 0 Å². The number of rotatable bonds is 5. The predicted octanol–water partition coefficient (Wildman–Crippen LogP) is 1.91. The van der Waals surface area contributed by atoms with Gasteiger partial charge < -0.3 is 0 Å². The highest BCUT2D eigenvalue weighted by molar-refractivity contribution is 4.94. The summed E-state index contributed by atoms with van der Waals surface area (Å²) in [5, 5.41) is 0. The molecule has 72 valence electrons. The molecule has 0 heterocycles. The van der Waals surface area contributed by atoms with Crippen LogP contribution in [0.5, 0.6) is 0 Å².